The van der Waals surface area contributed by atoms with Crippen LogP contribution in [-0.4, -0.2) is 17.5 Å². The first kappa shape index (κ1) is 12.1. The lowest BCUT2D eigenvalue weighted by Crippen LogP contribution is -2.22. The van der Waals surface area contributed by atoms with Crippen molar-refractivity contribution in [2.24, 2.45) is 5.73 Å². The van der Waals surface area contributed by atoms with Crippen molar-refractivity contribution in [3.63, 3.8) is 0 Å². The predicted molar refractivity (Wildman–Crippen MR) is 59.1 cm³/mol. The Morgan fingerprint density at radius 1 is 1.06 bits per heavy atom. The number of rotatable bonds is 4. The van der Waals surface area contributed by atoms with Gasteiger partial charge in [-0.25, -0.2) is 0 Å². The van der Waals surface area contributed by atoms with Crippen molar-refractivity contribution < 1.29 is 14.4 Å². The van der Waals surface area contributed by atoms with Gasteiger partial charge in [-0.05, 0) is 25.5 Å². The van der Waals surface area contributed by atoms with Crippen molar-refractivity contribution in [1.29, 1.82) is 0 Å². The van der Waals surface area contributed by atoms with E-state index >= 15 is 0 Å². The molecule has 4 nitrogen and oxygen atoms in total. The lowest BCUT2D eigenvalue weighted by Gasteiger charge is -2.13. The fourth-order valence-electron chi connectivity index (χ4n) is 1.70. The molecule has 1 aromatic carbocycles. The molecule has 1 amide bonds. The summed E-state index contributed by atoms with van der Waals surface area (Å²) in [5, 5.41) is 0. The maximum absolute atomic E-state index is 11.4. The molecule has 0 aromatic heterocycles. The van der Waals surface area contributed by atoms with Crippen LogP contribution in [0.25, 0.3) is 0 Å². The lowest BCUT2D eigenvalue weighted by molar-refractivity contribution is -0.126. The van der Waals surface area contributed by atoms with Gasteiger partial charge in [0.2, 0.25) is 5.91 Å². The summed E-state index contributed by atoms with van der Waals surface area (Å²) >= 11 is 0. The van der Waals surface area contributed by atoms with Crippen LogP contribution in [-0.2, 0) is 9.59 Å². The van der Waals surface area contributed by atoms with E-state index in [-0.39, 0.29) is 17.1 Å². The summed E-state index contributed by atoms with van der Waals surface area (Å²) in [5.41, 5.74) is 5.80. The molecule has 0 spiro atoms. The van der Waals surface area contributed by atoms with E-state index in [1.54, 1.807) is 18.2 Å². The molecule has 0 unspecified atom stereocenters. The maximum atomic E-state index is 11.4. The predicted octanol–water partition coefficient (Wildman–Crippen LogP) is 1.05. The van der Waals surface area contributed by atoms with E-state index in [1.807, 2.05) is 0 Å². The van der Waals surface area contributed by atoms with Crippen LogP contribution in [0.3, 0.4) is 0 Å². The fourth-order valence-corrected chi connectivity index (χ4v) is 1.70. The van der Waals surface area contributed by atoms with Gasteiger partial charge in [0.05, 0.1) is 0 Å². The number of benzene rings is 1. The SMILES string of the molecule is CC(=O)C(C(C)=O)c1ccccc1C(N)=O. The van der Waals surface area contributed by atoms with Gasteiger partial charge < -0.3 is 5.73 Å². The Balaban J connectivity index is 3.35. The fraction of sp³-hybridized carbons (Fsp3) is 0.250. The summed E-state index contributed by atoms with van der Waals surface area (Å²) in [6.45, 7) is 2.65. The highest BCUT2D eigenvalue weighted by atomic mass is 16.2. The zero-order valence-corrected chi connectivity index (χ0v) is 9.19. The smallest absolute Gasteiger partial charge is 0.249 e. The van der Waals surface area contributed by atoms with Gasteiger partial charge in [0, 0.05) is 5.56 Å². The average Bonchev–Trinajstić information content (AvgIpc) is 2.17. The summed E-state index contributed by atoms with van der Waals surface area (Å²) in [6.07, 6.45) is 0. The highest BCUT2D eigenvalue weighted by molar-refractivity contribution is 6.08. The second kappa shape index (κ2) is 4.70. The van der Waals surface area contributed by atoms with Gasteiger partial charge in [-0.15, -0.1) is 0 Å². The molecular weight excluding hydrogens is 206 g/mol. The van der Waals surface area contributed by atoms with Crippen LogP contribution in [0, 0.1) is 0 Å². The Morgan fingerprint density at radius 2 is 1.56 bits per heavy atom. The zero-order valence-electron chi connectivity index (χ0n) is 9.19. The van der Waals surface area contributed by atoms with Crippen LogP contribution in [0.4, 0.5) is 0 Å². The number of primary amides is 1. The Bertz CT molecular complexity index is 437. The number of hydrogen-bond acceptors (Lipinski definition) is 3. The zero-order chi connectivity index (χ0) is 12.3. The molecule has 0 heterocycles. The third kappa shape index (κ3) is 2.34. The summed E-state index contributed by atoms with van der Waals surface area (Å²) in [7, 11) is 0. The number of amides is 1. The Morgan fingerprint density at radius 3 is 2.00 bits per heavy atom. The summed E-state index contributed by atoms with van der Waals surface area (Å²) in [5.74, 6) is -2.12. The van der Waals surface area contributed by atoms with Crippen LogP contribution in [0.1, 0.15) is 35.7 Å². The third-order valence-electron chi connectivity index (χ3n) is 2.35. The molecule has 0 aliphatic carbocycles. The minimum atomic E-state index is -0.899. The van der Waals surface area contributed by atoms with Crippen LogP contribution in [0.15, 0.2) is 24.3 Å². The summed E-state index contributed by atoms with van der Waals surface area (Å²) in [4.78, 5) is 33.9. The van der Waals surface area contributed by atoms with E-state index < -0.39 is 11.8 Å². The third-order valence-corrected chi connectivity index (χ3v) is 2.35. The van der Waals surface area contributed by atoms with Crippen molar-refractivity contribution >= 4 is 17.5 Å². The number of nitrogens with two attached hydrogens (primary N) is 1. The molecule has 0 radical (unpaired) electrons. The molecule has 0 atom stereocenters. The second-order valence-corrected chi connectivity index (χ2v) is 3.61. The molecule has 16 heavy (non-hydrogen) atoms. The monoisotopic (exact) mass is 219 g/mol. The van der Waals surface area contributed by atoms with Gasteiger partial charge in [0.15, 0.2) is 0 Å². The van der Waals surface area contributed by atoms with Crippen LogP contribution < -0.4 is 5.73 Å². The first-order valence-corrected chi connectivity index (χ1v) is 4.84. The Labute approximate surface area is 93.4 Å². The van der Waals surface area contributed by atoms with Gasteiger partial charge in [-0.2, -0.15) is 0 Å². The summed E-state index contributed by atoms with van der Waals surface area (Å²) < 4.78 is 0. The van der Waals surface area contributed by atoms with Gasteiger partial charge in [0.25, 0.3) is 0 Å². The second-order valence-electron chi connectivity index (χ2n) is 3.61. The molecule has 84 valence electrons. The van der Waals surface area contributed by atoms with E-state index in [9.17, 15) is 14.4 Å². The highest BCUT2D eigenvalue weighted by Gasteiger charge is 2.25. The number of Topliss-reactive ketones (excluding diaryl/α,β-unsaturated/α-hetero) is 2. The molecule has 1 aromatic rings. The van der Waals surface area contributed by atoms with Gasteiger partial charge in [0.1, 0.15) is 17.5 Å². The maximum Gasteiger partial charge on any atom is 0.249 e. The standard InChI is InChI=1S/C12H13NO3/c1-7(14)11(8(2)15)9-5-3-4-6-10(9)12(13)16/h3-6,11H,1-2H3,(H2,13,16). The molecular formula is C12H13NO3. The Hall–Kier alpha value is -1.97. The van der Waals surface area contributed by atoms with Crippen molar-refractivity contribution in [2.45, 2.75) is 19.8 Å². The van der Waals surface area contributed by atoms with Gasteiger partial charge >= 0.3 is 0 Å². The molecule has 0 saturated carbocycles. The van der Waals surface area contributed by atoms with Crippen molar-refractivity contribution in [3.8, 4) is 0 Å². The van der Waals surface area contributed by atoms with Crippen molar-refractivity contribution in [3.05, 3.63) is 35.4 Å². The Kier molecular flexibility index (Phi) is 3.55. The summed E-state index contributed by atoms with van der Waals surface area (Å²) in [6, 6.07) is 6.39. The normalized spacial score (nSPS) is 10.2. The first-order valence-electron chi connectivity index (χ1n) is 4.84. The number of carbonyl (C=O) groups is 3. The quantitative estimate of drug-likeness (QED) is 0.769. The van der Waals surface area contributed by atoms with Crippen molar-refractivity contribution in [2.75, 3.05) is 0 Å². The highest BCUT2D eigenvalue weighted by Crippen LogP contribution is 2.21. The van der Waals surface area contributed by atoms with E-state index in [0.29, 0.717) is 5.56 Å². The largest absolute Gasteiger partial charge is 0.366 e. The van der Waals surface area contributed by atoms with Crippen LogP contribution >= 0.6 is 0 Å². The van der Waals surface area contributed by atoms with Gasteiger partial charge in [-0.1, -0.05) is 18.2 Å². The van der Waals surface area contributed by atoms with Crippen LogP contribution in [0.2, 0.25) is 0 Å². The van der Waals surface area contributed by atoms with Crippen molar-refractivity contribution in [1.82, 2.24) is 0 Å². The molecule has 0 saturated heterocycles. The van der Waals surface area contributed by atoms with E-state index in [4.69, 9.17) is 5.73 Å². The average molecular weight is 219 g/mol. The lowest BCUT2D eigenvalue weighted by atomic mass is 9.88. The molecule has 0 aliphatic rings. The first-order chi connectivity index (χ1) is 7.45. The molecule has 0 aliphatic heterocycles. The molecule has 1 rings (SSSR count). The van der Waals surface area contributed by atoms with Gasteiger partial charge in [-0.3, -0.25) is 14.4 Å². The number of carbonyl (C=O) groups excluding carboxylic acids is 3. The minimum Gasteiger partial charge on any atom is -0.366 e. The molecule has 2 N–H and O–H groups in total. The van der Waals surface area contributed by atoms with E-state index in [0.717, 1.165) is 0 Å². The topological polar surface area (TPSA) is 77.2 Å². The minimum absolute atomic E-state index is 0.220. The molecule has 0 bridgehead atoms. The molecule has 4 heteroatoms. The number of ketones is 2. The number of hydrogen-bond donors (Lipinski definition) is 1. The van der Waals surface area contributed by atoms with Crippen LogP contribution in [0.5, 0.6) is 0 Å². The van der Waals surface area contributed by atoms with E-state index in [2.05, 4.69) is 0 Å². The van der Waals surface area contributed by atoms with E-state index in [1.165, 1.54) is 19.9 Å². The molecule has 0 fully saturated rings.